The predicted molar refractivity (Wildman–Crippen MR) is 78.5 cm³/mol. The fraction of sp³-hybridized carbons (Fsp3) is 0.286. The number of hydrogen-bond acceptors (Lipinski definition) is 6. The molecule has 1 aromatic heterocycles. The van der Waals surface area contributed by atoms with Crippen molar-refractivity contribution in [2.24, 2.45) is 5.41 Å². The van der Waals surface area contributed by atoms with Crippen LogP contribution in [0.1, 0.15) is 20.8 Å². The highest BCUT2D eigenvalue weighted by Crippen LogP contribution is 2.26. The Hall–Kier alpha value is -2.34. The summed E-state index contributed by atoms with van der Waals surface area (Å²) in [7, 11) is 0. The molecule has 0 saturated heterocycles. The van der Waals surface area contributed by atoms with Gasteiger partial charge in [-0.05, 0) is 26.8 Å². The number of anilines is 2. The van der Waals surface area contributed by atoms with Crippen LogP contribution >= 0.6 is 0 Å². The van der Waals surface area contributed by atoms with E-state index in [9.17, 15) is 4.79 Å². The smallest absolute Gasteiger partial charge is 0.332 e. The second-order valence-electron chi connectivity index (χ2n) is 5.47. The molecule has 1 aromatic carbocycles. The summed E-state index contributed by atoms with van der Waals surface area (Å²) in [6.45, 7) is 5.31. The molecule has 0 aliphatic rings. The first kappa shape index (κ1) is 14.1. The van der Waals surface area contributed by atoms with Gasteiger partial charge < -0.3 is 10.6 Å². The lowest BCUT2D eigenvalue weighted by Gasteiger charge is -2.18. The molecule has 0 aliphatic carbocycles. The second kappa shape index (κ2) is 5.34. The zero-order valence-corrected chi connectivity index (χ0v) is 11.7. The largest absolute Gasteiger partial charge is 0.396 e. The fourth-order valence-electron chi connectivity index (χ4n) is 1.57. The van der Waals surface area contributed by atoms with Crippen LogP contribution in [-0.2, 0) is 9.63 Å². The SMILES string of the molecule is CC(C)(C)C(=O)ONNc1c(N)cnc2ccccc12. The third-order valence-electron chi connectivity index (χ3n) is 2.74. The van der Waals surface area contributed by atoms with Crippen LogP contribution in [0.5, 0.6) is 0 Å². The third kappa shape index (κ3) is 2.97. The van der Waals surface area contributed by atoms with Crippen molar-refractivity contribution >= 4 is 28.2 Å². The number of nitrogens with two attached hydrogens (primary N) is 1. The minimum atomic E-state index is -0.583. The lowest BCUT2D eigenvalue weighted by molar-refractivity contribution is -0.159. The Balaban J connectivity index is 2.14. The Kier molecular flexibility index (Phi) is 3.76. The topological polar surface area (TPSA) is 89.3 Å². The number of pyridine rings is 1. The van der Waals surface area contributed by atoms with Crippen LogP contribution in [0, 0.1) is 5.41 Å². The summed E-state index contributed by atoms with van der Waals surface area (Å²) < 4.78 is 0. The number of carbonyl (C=O) groups is 1. The second-order valence-corrected chi connectivity index (χ2v) is 5.47. The van der Waals surface area contributed by atoms with Crippen LogP contribution in [0.2, 0.25) is 0 Å². The van der Waals surface area contributed by atoms with Crippen molar-refractivity contribution in [3.8, 4) is 0 Å². The van der Waals surface area contributed by atoms with Crippen LogP contribution in [-0.4, -0.2) is 11.0 Å². The number of nitrogen functional groups attached to an aromatic ring is 1. The Morgan fingerprint density at radius 3 is 2.70 bits per heavy atom. The third-order valence-corrected chi connectivity index (χ3v) is 2.74. The number of carbonyl (C=O) groups excluding carboxylic acids is 1. The molecule has 2 rings (SSSR count). The van der Waals surface area contributed by atoms with Gasteiger partial charge >= 0.3 is 5.97 Å². The molecule has 6 nitrogen and oxygen atoms in total. The first-order valence-electron chi connectivity index (χ1n) is 6.25. The summed E-state index contributed by atoms with van der Waals surface area (Å²) in [5.41, 5.74) is 12.4. The van der Waals surface area contributed by atoms with E-state index in [4.69, 9.17) is 10.6 Å². The van der Waals surface area contributed by atoms with Crippen LogP contribution in [0.15, 0.2) is 30.5 Å². The molecule has 0 radical (unpaired) electrons. The molecule has 2 aromatic rings. The van der Waals surface area contributed by atoms with Gasteiger partial charge in [0.1, 0.15) is 0 Å². The van der Waals surface area contributed by atoms with E-state index in [1.807, 2.05) is 24.3 Å². The average molecular weight is 274 g/mol. The van der Waals surface area contributed by atoms with Gasteiger partial charge in [0.15, 0.2) is 0 Å². The zero-order valence-electron chi connectivity index (χ0n) is 11.7. The van der Waals surface area contributed by atoms with Crippen molar-refractivity contribution in [2.75, 3.05) is 11.2 Å². The summed E-state index contributed by atoms with van der Waals surface area (Å²) >= 11 is 0. The van der Waals surface area contributed by atoms with Gasteiger partial charge in [-0.1, -0.05) is 23.8 Å². The maximum atomic E-state index is 11.6. The lowest BCUT2D eigenvalue weighted by atomic mass is 9.98. The molecule has 0 aliphatic heterocycles. The summed E-state index contributed by atoms with van der Waals surface area (Å²) in [6.07, 6.45) is 1.55. The monoisotopic (exact) mass is 274 g/mol. The van der Waals surface area contributed by atoms with E-state index in [2.05, 4.69) is 16.0 Å². The number of hydrogen-bond donors (Lipinski definition) is 3. The van der Waals surface area contributed by atoms with Gasteiger partial charge in [0, 0.05) is 5.39 Å². The van der Waals surface area contributed by atoms with Gasteiger partial charge in [-0.3, -0.25) is 10.4 Å². The number of para-hydroxylation sites is 1. The van der Waals surface area contributed by atoms with Crippen molar-refractivity contribution in [3.63, 3.8) is 0 Å². The van der Waals surface area contributed by atoms with Gasteiger partial charge in [0.25, 0.3) is 0 Å². The Morgan fingerprint density at radius 2 is 2.00 bits per heavy atom. The van der Waals surface area contributed by atoms with E-state index in [0.29, 0.717) is 11.4 Å². The molecule has 6 heteroatoms. The van der Waals surface area contributed by atoms with E-state index in [1.54, 1.807) is 27.0 Å². The normalized spacial score (nSPS) is 11.3. The number of nitrogens with one attached hydrogen (secondary N) is 2. The summed E-state index contributed by atoms with van der Waals surface area (Å²) in [4.78, 5) is 20.8. The Bertz CT molecular complexity index is 635. The highest BCUT2D eigenvalue weighted by Gasteiger charge is 2.23. The molecule has 106 valence electrons. The molecule has 1 heterocycles. The number of aromatic nitrogens is 1. The number of benzene rings is 1. The maximum Gasteiger partial charge on any atom is 0.332 e. The summed E-state index contributed by atoms with van der Waals surface area (Å²) in [6, 6.07) is 7.54. The van der Waals surface area contributed by atoms with Crippen LogP contribution < -0.4 is 16.7 Å². The van der Waals surface area contributed by atoms with Crippen LogP contribution in [0.25, 0.3) is 10.9 Å². The zero-order chi connectivity index (χ0) is 14.8. The minimum absolute atomic E-state index is 0.373. The highest BCUT2D eigenvalue weighted by molar-refractivity contribution is 5.96. The van der Waals surface area contributed by atoms with Gasteiger partial charge in [0.2, 0.25) is 0 Å². The van der Waals surface area contributed by atoms with Crippen molar-refractivity contribution in [1.82, 2.24) is 10.6 Å². The molecule has 0 bridgehead atoms. The van der Waals surface area contributed by atoms with Crippen LogP contribution in [0.4, 0.5) is 11.4 Å². The van der Waals surface area contributed by atoms with E-state index in [0.717, 1.165) is 10.9 Å². The molecule has 0 atom stereocenters. The molecule has 0 amide bonds. The molecule has 4 N–H and O–H groups in total. The quantitative estimate of drug-likeness (QED) is 0.744. The van der Waals surface area contributed by atoms with Crippen LogP contribution in [0.3, 0.4) is 0 Å². The van der Waals surface area contributed by atoms with Crippen molar-refractivity contribution in [2.45, 2.75) is 20.8 Å². The van der Waals surface area contributed by atoms with E-state index in [-0.39, 0.29) is 5.97 Å². The first-order chi connectivity index (χ1) is 9.39. The van der Waals surface area contributed by atoms with E-state index >= 15 is 0 Å². The minimum Gasteiger partial charge on any atom is -0.396 e. The highest BCUT2D eigenvalue weighted by atomic mass is 16.7. The van der Waals surface area contributed by atoms with Gasteiger partial charge in [-0.25, -0.2) is 4.79 Å². The summed E-state index contributed by atoms with van der Waals surface area (Å²) in [5.74, 6) is -0.373. The van der Waals surface area contributed by atoms with Gasteiger partial charge in [0.05, 0.1) is 28.5 Å². The number of nitrogens with zero attached hydrogens (tertiary/aromatic N) is 1. The van der Waals surface area contributed by atoms with Crippen molar-refractivity contribution in [1.29, 1.82) is 0 Å². The summed E-state index contributed by atoms with van der Waals surface area (Å²) in [5, 5.41) is 0.840. The van der Waals surface area contributed by atoms with Gasteiger partial charge in [-0.2, -0.15) is 0 Å². The lowest BCUT2D eigenvalue weighted by Crippen LogP contribution is -2.32. The molecular formula is C14H18N4O2. The van der Waals surface area contributed by atoms with Crippen molar-refractivity contribution in [3.05, 3.63) is 30.5 Å². The molecule has 0 fully saturated rings. The average Bonchev–Trinajstić information content (AvgIpc) is 2.40. The van der Waals surface area contributed by atoms with E-state index < -0.39 is 5.41 Å². The molecule has 0 unspecified atom stereocenters. The molecule has 0 spiro atoms. The Morgan fingerprint density at radius 1 is 1.30 bits per heavy atom. The molecule has 0 saturated carbocycles. The maximum absolute atomic E-state index is 11.6. The van der Waals surface area contributed by atoms with E-state index in [1.165, 1.54) is 0 Å². The standard InChI is InChI=1S/C14H18N4O2/c1-14(2,3)13(19)20-18-17-12-9-6-4-5-7-11(9)16-8-10(12)15/h4-8,18H,15H2,1-3H3,(H,16,17). The molecular weight excluding hydrogens is 256 g/mol. The first-order valence-corrected chi connectivity index (χ1v) is 6.25. The molecule has 20 heavy (non-hydrogen) atoms. The number of fused-ring (bicyclic) bond motifs is 1. The van der Waals surface area contributed by atoms with Crippen molar-refractivity contribution < 1.29 is 9.63 Å². The van der Waals surface area contributed by atoms with Gasteiger partial charge in [-0.15, -0.1) is 0 Å². The number of hydrazine groups is 1. The predicted octanol–water partition coefficient (Wildman–Crippen LogP) is 2.24. The Labute approximate surface area is 117 Å². The fourth-order valence-corrected chi connectivity index (χ4v) is 1.57. The number of rotatable bonds is 3.